The molecule has 2 aromatic heterocycles. The topological polar surface area (TPSA) is 103 Å². The Labute approximate surface area is 182 Å². The molecule has 0 fully saturated rings. The predicted molar refractivity (Wildman–Crippen MR) is 115 cm³/mol. The van der Waals surface area contributed by atoms with Crippen molar-refractivity contribution >= 4 is 41.0 Å². The highest BCUT2D eigenvalue weighted by Crippen LogP contribution is 2.26. The first-order chi connectivity index (χ1) is 14.0. The first-order valence-corrected chi connectivity index (χ1v) is 11.3. The van der Waals surface area contributed by atoms with Crippen molar-refractivity contribution in [3.05, 3.63) is 41.2 Å². The summed E-state index contributed by atoms with van der Waals surface area (Å²) in [5, 5.41) is 9.83. The number of halogens is 1. The van der Waals surface area contributed by atoms with E-state index in [1.165, 1.54) is 28.2 Å². The molecule has 0 aliphatic rings. The second kappa shape index (κ2) is 10.0. The summed E-state index contributed by atoms with van der Waals surface area (Å²) in [6.07, 6.45) is 1.60. The van der Waals surface area contributed by atoms with E-state index in [1.807, 2.05) is 26.0 Å². The Hall–Kier alpha value is -2.17. The van der Waals surface area contributed by atoms with Crippen molar-refractivity contribution in [3.8, 4) is 11.5 Å². The molecule has 0 radical (unpaired) electrons. The molecule has 8 nitrogen and oxygen atoms in total. The van der Waals surface area contributed by atoms with Gasteiger partial charge in [0.1, 0.15) is 6.26 Å². The van der Waals surface area contributed by atoms with Gasteiger partial charge in [-0.3, -0.25) is 4.79 Å². The van der Waals surface area contributed by atoms with Crippen LogP contribution in [0.4, 0.5) is 0 Å². The minimum absolute atomic E-state index is 0.0494. The molecule has 0 spiro atoms. The van der Waals surface area contributed by atoms with Crippen molar-refractivity contribution in [2.24, 2.45) is 0 Å². The molecule has 2 N–H and O–H groups in total. The zero-order chi connectivity index (χ0) is 20.8. The predicted octanol–water partition coefficient (Wildman–Crippen LogP) is 3.55. The Kier molecular flexibility index (Phi) is 7.45. The number of nitrogens with two attached hydrogens (primary N) is 1. The van der Waals surface area contributed by atoms with E-state index in [0.717, 1.165) is 11.3 Å². The molecular weight excluding hydrogens is 432 g/mol. The number of amides is 1. The van der Waals surface area contributed by atoms with Gasteiger partial charge in [0.15, 0.2) is 0 Å². The number of hydrogen-bond donors (Lipinski definition) is 1. The van der Waals surface area contributed by atoms with Crippen LogP contribution in [-0.4, -0.2) is 49.5 Å². The van der Waals surface area contributed by atoms with E-state index in [1.54, 1.807) is 23.3 Å². The second-order valence-corrected chi connectivity index (χ2v) is 8.25. The average molecular weight is 453 g/mol. The molecule has 3 aromatic rings. The van der Waals surface area contributed by atoms with Gasteiger partial charge in [-0.1, -0.05) is 41.2 Å². The molecule has 3 rings (SSSR count). The lowest BCUT2D eigenvalue weighted by atomic mass is 10.2. The molecule has 0 saturated heterocycles. The van der Waals surface area contributed by atoms with Crippen LogP contribution in [0.3, 0.4) is 0 Å². The third-order valence-electron chi connectivity index (χ3n) is 4.05. The number of rotatable bonds is 9. The lowest BCUT2D eigenvalue weighted by molar-refractivity contribution is -0.127. The summed E-state index contributed by atoms with van der Waals surface area (Å²) in [4.78, 5) is 18.4. The number of hydrogen-bond acceptors (Lipinski definition) is 8. The Morgan fingerprint density at radius 1 is 1.24 bits per heavy atom. The van der Waals surface area contributed by atoms with Crippen LogP contribution in [0.5, 0.6) is 0 Å². The van der Waals surface area contributed by atoms with E-state index in [-0.39, 0.29) is 11.7 Å². The maximum atomic E-state index is 12.1. The lowest BCUT2D eigenvalue weighted by Crippen LogP contribution is -2.32. The summed E-state index contributed by atoms with van der Waals surface area (Å²) in [6.45, 7) is 5.27. The Morgan fingerprint density at radius 2 is 1.97 bits per heavy atom. The fourth-order valence-electron chi connectivity index (χ4n) is 2.52. The molecule has 2 heterocycles. The van der Waals surface area contributed by atoms with Crippen molar-refractivity contribution < 1.29 is 9.21 Å². The number of carbonyl (C=O) groups excluding carboxylic acids is 1. The smallest absolute Gasteiger partial charge is 0.233 e. The summed E-state index contributed by atoms with van der Waals surface area (Å²) in [7, 11) is 0. The standard InChI is InChI=1S/C18H21ClN6O2S2/c1-3-24(4-2)15(26)11-29-18-23-22-17(25(18)20)28-10-14-9-27-16(21-14)12-6-5-7-13(19)8-12/h5-9H,3-4,10-11,20H2,1-2H3. The van der Waals surface area contributed by atoms with Crippen molar-refractivity contribution in [1.29, 1.82) is 0 Å². The fraction of sp³-hybridized carbons (Fsp3) is 0.333. The molecule has 0 bridgehead atoms. The van der Waals surface area contributed by atoms with Gasteiger partial charge in [-0.25, -0.2) is 9.66 Å². The number of nitrogens with zero attached hydrogens (tertiary/aromatic N) is 5. The Bertz CT molecular complexity index is 973. The summed E-state index contributed by atoms with van der Waals surface area (Å²) < 4.78 is 6.93. The van der Waals surface area contributed by atoms with Gasteiger partial charge in [0, 0.05) is 29.4 Å². The van der Waals surface area contributed by atoms with Crippen LogP contribution < -0.4 is 5.84 Å². The summed E-state index contributed by atoms with van der Waals surface area (Å²) >= 11 is 8.67. The minimum Gasteiger partial charge on any atom is -0.444 e. The Balaban J connectivity index is 1.57. The number of carbonyl (C=O) groups is 1. The number of nitrogen functional groups attached to an aromatic ring is 1. The number of benzene rings is 1. The van der Waals surface area contributed by atoms with E-state index < -0.39 is 0 Å². The van der Waals surface area contributed by atoms with Crippen molar-refractivity contribution in [3.63, 3.8) is 0 Å². The SMILES string of the molecule is CCN(CC)C(=O)CSc1nnc(SCc2coc(-c3cccc(Cl)c3)n2)n1N. The highest BCUT2D eigenvalue weighted by atomic mass is 35.5. The van der Waals surface area contributed by atoms with Gasteiger partial charge < -0.3 is 15.2 Å². The third-order valence-corrected chi connectivity index (χ3v) is 6.19. The zero-order valence-electron chi connectivity index (χ0n) is 16.0. The largest absolute Gasteiger partial charge is 0.444 e. The van der Waals surface area contributed by atoms with Gasteiger partial charge in [-0.05, 0) is 32.0 Å². The van der Waals surface area contributed by atoms with Gasteiger partial charge in [-0.2, -0.15) is 0 Å². The monoisotopic (exact) mass is 452 g/mol. The summed E-state index contributed by atoms with van der Waals surface area (Å²) in [5.41, 5.74) is 1.56. The Morgan fingerprint density at radius 3 is 2.66 bits per heavy atom. The molecule has 154 valence electrons. The van der Waals surface area contributed by atoms with Gasteiger partial charge >= 0.3 is 0 Å². The van der Waals surface area contributed by atoms with Crippen LogP contribution in [0.1, 0.15) is 19.5 Å². The second-order valence-electron chi connectivity index (χ2n) is 5.93. The molecule has 1 amide bonds. The molecule has 0 saturated carbocycles. The third kappa shape index (κ3) is 5.46. The average Bonchev–Trinajstić information content (AvgIpc) is 3.32. The molecule has 0 unspecified atom stereocenters. The first-order valence-electron chi connectivity index (χ1n) is 8.96. The maximum Gasteiger partial charge on any atom is 0.233 e. The minimum atomic E-state index is 0.0494. The van der Waals surface area contributed by atoms with E-state index >= 15 is 0 Å². The normalized spacial score (nSPS) is 11.0. The summed E-state index contributed by atoms with van der Waals surface area (Å²) in [6, 6.07) is 7.32. The zero-order valence-corrected chi connectivity index (χ0v) is 18.4. The van der Waals surface area contributed by atoms with Crippen LogP contribution >= 0.6 is 35.1 Å². The van der Waals surface area contributed by atoms with Gasteiger partial charge in [0.05, 0.1) is 11.4 Å². The van der Waals surface area contributed by atoms with Crippen LogP contribution in [0, 0.1) is 0 Å². The van der Waals surface area contributed by atoms with Gasteiger partial charge in [0.25, 0.3) is 0 Å². The van der Waals surface area contributed by atoms with E-state index in [4.69, 9.17) is 21.9 Å². The van der Waals surface area contributed by atoms with E-state index in [0.29, 0.717) is 40.1 Å². The van der Waals surface area contributed by atoms with E-state index in [9.17, 15) is 4.79 Å². The molecule has 11 heteroatoms. The van der Waals surface area contributed by atoms with Gasteiger partial charge in [0.2, 0.25) is 22.1 Å². The first kappa shape index (κ1) is 21.5. The number of thioether (sulfide) groups is 2. The van der Waals surface area contributed by atoms with Crippen LogP contribution in [0.25, 0.3) is 11.5 Å². The van der Waals surface area contributed by atoms with Crippen molar-refractivity contribution in [2.75, 3.05) is 24.7 Å². The van der Waals surface area contributed by atoms with Gasteiger partial charge in [-0.15, -0.1) is 10.2 Å². The maximum absolute atomic E-state index is 12.1. The number of oxazole rings is 1. The molecule has 0 aliphatic heterocycles. The van der Waals surface area contributed by atoms with Crippen molar-refractivity contribution in [1.82, 2.24) is 24.8 Å². The molecule has 1 aromatic carbocycles. The highest BCUT2D eigenvalue weighted by molar-refractivity contribution is 8.00. The highest BCUT2D eigenvalue weighted by Gasteiger charge is 2.16. The van der Waals surface area contributed by atoms with Crippen LogP contribution in [0.15, 0.2) is 45.3 Å². The number of aromatic nitrogens is 4. The molecule has 29 heavy (non-hydrogen) atoms. The fourth-order valence-corrected chi connectivity index (χ4v) is 4.26. The molecule has 0 aliphatic carbocycles. The van der Waals surface area contributed by atoms with Crippen molar-refractivity contribution in [2.45, 2.75) is 29.9 Å². The van der Waals surface area contributed by atoms with E-state index in [2.05, 4.69) is 15.2 Å². The van der Waals surface area contributed by atoms with Crippen LogP contribution in [0.2, 0.25) is 5.02 Å². The quantitative estimate of drug-likeness (QED) is 0.388. The molecule has 0 atom stereocenters. The summed E-state index contributed by atoms with van der Waals surface area (Å²) in [5.74, 6) is 7.42. The lowest BCUT2D eigenvalue weighted by Gasteiger charge is -2.17. The molecular formula is C18H21ClN6O2S2. The van der Waals surface area contributed by atoms with Crippen LogP contribution in [-0.2, 0) is 10.5 Å².